The molecular weight excluding hydrogens is 504 g/mol. The van der Waals surface area contributed by atoms with Crippen LogP contribution < -0.4 is 15.0 Å². The third-order valence-electron chi connectivity index (χ3n) is 7.55. The summed E-state index contributed by atoms with van der Waals surface area (Å²) in [5, 5.41) is 3.84. The fraction of sp³-hybridized carbons (Fsp3) is 0.357. The molecule has 2 bridgehead atoms. The van der Waals surface area contributed by atoms with Gasteiger partial charge in [-0.25, -0.2) is 9.78 Å². The third kappa shape index (κ3) is 3.74. The van der Waals surface area contributed by atoms with Crippen molar-refractivity contribution in [2.45, 2.75) is 44.4 Å². The molecule has 2 amide bonds. The minimum absolute atomic E-state index is 0.0736. The molecule has 7 rings (SSSR count). The second-order valence-corrected chi connectivity index (χ2v) is 11.8. The van der Waals surface area contributed by atoms with E-state index in [2.05, 4.69) is 16.3 Å². The van der Waals surface area contributed by atoms with Gasteiger partial charge in [0.1, 0.15) is 29.4 Å². The van der Waals surface area contributed by atoms with Crippen LogP contribution in [0.4, 0.5) is 10.8 Å². The number of fused-ring (bicyclic) bond motifs is 4. The highest BCUT2D eigenvalue weighted by Gasteiger charge is 2.48. The Morgan fingerprint density at radius 3 is 2.68 bits per heavy atom. The molecule has 0 saturated carbocycles. The highest BCUT2D eigenvalue weighted by atomic mass is 32.1. The van der Waals surface area contributed by atoms with E-state index in [1.807, 2.05) is 38.1 Å². The number of carbonyl (C=O) groups is 3. The van der Waals surface area contributed by atoms with Crippen molar-refractivity contribution in [3.8, 4) is 16.9 Å². The third-order valence-corrected chi connectivity index (χ3v) is 8.67. The Kier molecular flexibility index (Phi) is 5.07. The molecule has 1 aromatic heterocycles. The highest BCUT2D eigenvalue weighted by Crippen LogP contribution is 2.42. The van der Waals surface area contributed by atoms with E-state index in [-0.39, 0.29) is 29.4 Å². The molecule has 0 aliphatic carbocycles. The van der Waals surface area contributed by atoms with E-state index >= 15 is 0 Å². The van der Waals surface area contributed by atoms with Gasteiger partial charge in [-0.05, 0) is 49.2 Å². The van der Waals surface area contributed by atoms with Gasteiger partial charge in [-0.3, -0.25) is 9.59 Å². The number of aromatic nitrogens is 1. The number of esters is 1. The van der Waals surface area contributed by atoms with E-state index in [1.54, 1.807) is 17.0 Å². The van der Waals surface area contributed by atoms with Gasteiger partial charge in [0.25, 0.3) is 11.8 Å². The summed E-state index contributed by atoms with van der Waals surface area (Å²) < 4.78 is 11.1. The number of benzene rings is 2. The number of morpholine rings is 1. The Morgan fingerprint density at radius 2 is 1.92 bits per heavy atom. The van der Waals surface area contributed by atoms with Gasteiger partial charge in [0, 0.05) is 23.9 Å². The maximum Gasteiger partial charge on any atom is 0.329 e. The number of nitrogens with one attached hydrogen (secondary N) is 1. The number of ether oxygens (including phenoxy) is 2. The Hall–Kier alpha value is -3.92. The number of hydrogen-bond acceptors (Lipinski definition) is 8. The molecule has 4 aliphatic heterocycles. The molecule has 38 heavy (non-hydrogen) atoms. The lowest BCUT2D eigenvalue weighted by molar-refractivity contribution is -0.149. The summed E-state index contributed by atoms with van der Waals surface area (Å²) in [6.45, 7) is 5.62. The standard InChI is InChI=1S/C28H26N4O5S/c1-28(2)13-19-23(24(33)30-28)38-27(29-19)31-9-10-36-22-8-7-17(11-20(22)31)15-3-5-16(6-4-15)25(34)32-14-18-12-21(32)26(35)37-18/h3-8,11,18,21H,9-10,12-14H2,1-2H3,(H,30,33)/t18-,21-/m0/s1. The van der Waals surface area contributed by atoms with Crippen LogP contribution in [0.25, 0.3) is 11.1 Å². The van der Waals surface area contributed by atoms with Gasteiger partial charge in [0.15, 0.2) is 5.13 Å². The summed E-state index contributed by atoms with van der Waals surface area (Å²) in [5.74, 6) is 0.236. The van der Waals surface area contributed by atoms with Crippen LogP contribution in [0.5, 0.6) is 5.75 Å². The second-order valence-electron chi connectivity index (χ2n) is 10.8. The lowest BCUT2D eigenvalue weighted by atomic mass is 9.94. The van der Waals surface area contributed by atoms with E-state index in [0.29, 0.717) is 43.0 Å². The summed E-state index contributed by atoms with van der Waals surface area (Å²) in [5.41, 5.74) is 3.89. The number of nitrogens with zero attached hydrogens (tertiary/aromatic N) is 3. The zero-order chi connectivity index (χ0) is 26.2. The number of likely N-dealkylation sites (tertiary alicyclic amines) is 1. The van der Waals surface area contributed by atoms with E-state index < -0.39 is 6.04 Å². The lowest BCUT2D eigenvalue weighted by Gasteiger charge is -2.30. The summed E-state index contributed by atoms with van der Waals surface area (Å²) in [4.78, 5) is 46.9. The fourth-order valence-corrected chi connectivity index (χ4v) is 6.74. The van der Waals surface area contributed by atoms with Gasteiger partial charge >= 0.3 is 5.97 Å². The average Bonchev–Trinajstić information content (AvgIpc) is 3.61. The largest absolute Gasteiger partial charge is 0.490 e. The molecule has 9 nitrogen and oxygen atoms in total. The topological polar surface area (TPSA) is 101 Å². The zero-order valence-electron chi connectivity index (χ0n) is 21.0. The van der Waals surface area contributed by atoms with Gasteiger partial charge < -0.3 is 24.6 Å². The first-order chi connectivity index (χ1) is 18.3. The van der Waals surface area contributed by atoms with E-state index in [4.69, 9.17) is 14.5 Å². The lowest BCUT2D eigenvalue weighted by Crippen LogP contribution is -2.48. The molecular formula is C28H26N4O5S. The van der Waals surface area contributed by atoms with Crippen molar-refractivity contribution in [1.29, 1.82) is 0 Å². The van der Waals surface area contributed by atoms with E-state index in [9.17, 15) is 14.4 Å². The van der Waals surface area contributed by atoms with E-state index in [1.165, 1.54) is 11.3 Å². The van der Waals surface area contributed by atoms with Crippen molar-refractivity contribution in [2.24, 2.45) is 0 Å². The van der Waals surface area contributed by atoms with Crippen LogP contribution in [0.2, 0.25) is 0 Å². The van der Waals surface area contributed by atoms with Gasteiger partial charge in [-0.15, -0.1) is 0 Å². The van der Waals surface area contributed by atoms with Gasteiger partial charge in [0.05, 0.1) is 24.5 Å². The Morgan fingerprint density at radius 1 is 1.13 bits per heavy atom. The molecule has 5 heterocycles. The predicted molar refractivity (Wildman–Crippen MR) is 141 cm³/mol. The maximum atomic E-state index is 13.0. The first-order valence-electron chi connectivity index (χ1n) is 12.7. The van der Waals surface area contributed by atoms with Crippen LogP contribution in [0.15, 0.2) is 42.5 Å². The van der Waals surface area contributed by atoms with Gasteiger partial charge in [-0.2, -0.15) is 0 Å². The van der Waals surface area contributed by atoms with Crippen LogP contribution in [-0.2, 0) is 16.0 Å². The molecule has 2 saturated heterocycles. The van der Waals surface area contributed by atoms with Crippen LogP contribution in [0, 0.1) is 0 Å². The molecule has 2 aromatic carbocycles. The van der Waals surface area contributed by atoms with Crippen LogP contribution in [-0.4, -0.2) is 65.0 Å². The van der Waals surface area contributed by atoms with E-state index in [0.717, 1.165) is 33.4 Å². The molecule has 0 radical (unpaired) electrons. The predicted octanol–water partition coefficient (Wildman–Crippen LogP) is 3.55. The molecule has 4 aliphatic rings. The first kappa shape index (κ1) is 23.2. The van der Waals surface area contributed by atoms with Crippen molar-refractivity contribution in [3.63, 3.8) is 0 Å². The van der Waals surface area contributed by atoms with Crippen molar-refractivity contribution in [2.75, 3.05) is 24.6 Å². The first-order valence-corrected chi connectivity index (χ1v) is 13.6. The Bertz CT molecular complexity index is 1500. The van der Waals surface area contributed by atoms with Crippen LogP contribution >= 0.6 is 11.3 Å². The number of amides is 2. The minimum Gasteiger partial charge on any atom is -0.490 e. The second kappa shape index (κ2) is 8.29. The Labute approximate surface area is 223 Å². The number of hydrogen-bond donors (Lipinski definition) is 1. The van der Waals surface area contributed by atoms with Crippen LogP contribution in [0.1, 0.15) is 46.0 Å². The van der Waals surface area contributed by atoms with Gasteiger partial charge in [-0.1, -0.05) is 29.5 Å². The summed E-state index contributed by atoms with van der Waals surface area (Å²) in [6.07, 6.45) is 1.09. The summed E-state index contributed by atoms with van der Waals surface area (Å²) >= 11 is 1.41. The van der Waals surface area contributed by atoms with Crippen LogP contribution in [0.3, 0.4) is 0 Å². The Balaban J connectivity index is 1.16. The molecule has 2 fully saturated rings. The number of thiazole rings is 1. The molecule has 2 atom stereocenters. The molecule has 10 heteroatoms. The molecule has 3 aromatic rings. The highest BCUT2D eigenvalue weighted by molar-refractivity contribution is 7.17. The maximum absolute atomic E-state index is 13.0. The monoisotopic (exact) mass is 530 g/mol. The average molecular weight is 531 g/mol. The van der Waals surface area contributed by atoms with Crippen molar-refractivity contribution < 1.29 is 23.9 Å². The molecule has 1 N–H and O–H groups in total. The number of anilines is 2. The van der Waals surface area contributed by atoms with Gasteiger partial charge in [0.2, 0.25) is 0 Å². The fourth-order valence-electron chi connectivity index (χ4n) is 5.72. The van der Waals surface area contributed by atoms with Crippen molar-refractivity contribution in [3.05, 3.63) is 58.6 Å². The molecule has 0 spiro atoms. The number of rotatable bonds is 3. The normalized spacial score (nSPS) is 22.9. The number of carbonyl (C=O) groups excluding carboxylic acids is 3. The minimum atomic E-state index is -0.465. The quantitative estimate of drug-likeness (QED) is 0.517. The van der Waals surface area contributed by atoms with Crippen molar-refractivity contribution in [1.82, 2.24) is 15.2 Å². The molecule has 0 unspecified atom stereocenters. The SMILES string of the molecule is CC1(C)Cc2nc(N3CCOc4ccc(-c5ccc(C(=O)N6C[C@@H]7C[C@H]6C(=O)O7)cc5)cc43)sc2C(=O)N1. The zero-order valence-corrected chi connectivity index (χ0v) is 21.8. The summed E-state index contributed by atoms with van der Waals surface area (Å²) in [6, 6.07) is 13.0. The summed E-state index contributed by atoms with van der Waals surface area (Å²) in [7, 11) is 0. The smallest absolute Gasteiger partial charge is 0.329 e. The van der Waals surface area contributed by atoms with Crippen molar-refractivity contribution >= 4 is 39.9 Å². The molecule has 194 valence electrons.